The quantitative estimate of drug-likeness (QED) is 0.542. The van der Waals surface area contributed by atoms with Gasteiger partial charge in [-0.25, -0.2) is 0 Å². The van der Waals surface area contributed by atoms with Crippen LogP contribution in [0, 0.1) is 11.8 Å². The van der Waals surface area contributed by atoms with Gasteiger partial charge in [0.1, 0.15) is 0 Å². The Bertz CT molecular complexity index is 110. The Hall–Kier alpha value is -0.0400. The van der Waals surface area contributed by atoms with E-state index in [0.717, 1.165) is 11.8 Å². The highest BCUT2D eigenvalue weighted by molar-refractivity contribution is 4.88. The molecule has 0 heterocycles. The highest BCUT2D eigenvalue weighted by Crippen LogP contribution is 2.44. The predicted molar refractivity (Wildman–Crippen MR) is 40.9 cm³/mol. The van der Waals surface area contributed by atoms with Crippen molar-refractivity contribution in [1.29, 1.82) is 0 Å². The molecule has 0 bridgehead atoms. The van der Waals surface area contributed by atoms with Gasteiger partial charge in [0.05, 0.1) is 6.10 Å². The van der Waals surface area contributed by atoms with Crippen molar-refractivity contribution in [3.63, 3.8) is 0 Å². The van der Waals surface area contributed by atoms with Gasteiger partial charge in [0.15, 0.2) is 0 Å². The maximum absolute atomic E-state index is 5.35. The van der Waals surface area contributed by atoms with Gasteiger partial charge < -0.3 is 4.74 Å². The van der Waals surface area contributed by atoms with Crippen molar-refractivity contribution in [3.05, 3.63) is 0 Å². The maximum Gasteiger partial charge on any atom is 0.0576 e. The van der Waals surface area contributed by atoms with E-state index in [2.05, 4.69) is 0 Å². The Balaban J connectivity index is 1.94. The molecule has 3 atom stereocenters. The lowest BCUT2D eigenvalue weighted by Gasteiger charge is -2.06. The molecule has 0 aliphatic heterocycles. The standard InChI is InChI=1S/C9H16O/c1-10-9-5-7-3-2-4-8(7)6-9/h7-9H,2-6H2,1H3/t7-,8+,9?. The zero-order valence-corrected chi connectivity index (χ0v) is 6.68. The first kappa shape index (κ1) is 6.66. The van der Waals surface area contributed by atoms with Crippen LogP contribution in [0.1, 0.15) is 32.1 Å². The van der Waals surface area contributed by atoms with Crippen LogP contribution in [0.4, 0.5) is 0 Å². The molecule has 0 aromatic heterocycles. The summed E-state index contributed by atoms with van der Waals surface area (Å²) in [5, 5.41) is 0. The van der Waals surface area contributed by atoms with E-state index in [1.165, 1.54) is 32.1 Å². The van der Waals surface area contributed by atoms with Gasteiger partial charge in [-0.1, -0.05) is 19.3 Å². The first-order valence-electron chi connectivity index (χ1n) is 4.43. The minimum Gasteiger partial charge on any atom is -0.381 e. The van der Waals surface area contributed by atoms with E-state index in [1.54, 1.807) is 0 Å². The van der Waals surface area contributed by atoms with E-state index < -0.39 is 0 Å². The van der Waals surface area contributed by atoms with Crippen LogP contribution in [0.2, 0.25) is 0 Å². The maximum atomic E-state index is 5.35. The predicted octanol–water partition coefficient (Wildman–Crippen LogP) is 2.21. The first-order chi connectivity index (χ1) is 4.90. The Morgan fingerprint density at radius 3 is 2.20 bits per heavy atom. The summed E-state index contributed by atoms with van der Waals surface area (Å²) < 4.78 is 5.35. The molecule has 0 amide bonds. The molecule has 2 fully saturated rings. The van der Waals surface area contributed by atoms with Gasteiger partial charge in [-0.05, 0) is 24.7 Å². The summed E-state index contributed by atoms with van der Waals surface area (Å²) in [6, 6.07) is 0. The molecule has 58 valence electrons. The molecule has 1 heteroatoms. The Labute approximate surface area is 62.8 Å². The Morgan fingerprint density at radius 1 is 1.10 bits per heavy atom. The molecule has 2 rings (SSSR count). The van der Waals surface area contributed by atoms with Crippen molar-refractivity contribution in [3.8, 4) is 0 Å². The summed E-state index contributed by atoms with van der Waals surface area (Å²) in [6.07, 6.45) is 7.73. The number of ether oxygens (including phenoxy) is 1. The van der Waals surface area contributed by atoms with Crippen molar-refractivity contribution in [1.82, 2.24) is 0 Å². The summed E-state index contributed by atoms with van der Waals surface area (Å²) in [6.45, 7) is 0. The molecule has 0 spiro atoms. The molecular formula is C9H16O. The third-order valence-corrected chi connectivity index (χ3v) is 3.28. The van der Waals surface area contributed by atoms with E-state index in [0.29, 0.717) is 6.10 Å². The summed E-state index contributed by atoms with van der Waals surface area (Å²) in [4.78, 5) is 0. The Morgan fingerprint density at radius 2 is 1.70 bits per heavy atom. The van der Waals surface area contributed by atoms with Gasteiger partial charge in [-0.3, -0.25) is 0 Å². The normalized spacial score (nSPS) is 45.9. The van der Waals surface area contributed by atoms with Crippen LogP contribution >= 0.6 is 0 Å². The van der Waals surface area contributed by atoms with Gasteiger partial charge in [0.25, 0.3) is 0 Å². The van der Waals surface area contributed by atoms with Gasteiger partial charge in [-0.2, -0.15) is 0 Å². The topological polar surface area (TPSA) is 9.23 Å². The van der Waals surface area contributed by atoms with Crippen LogP contribution in [0.15, 0.2) is 0 Å². The third kappa shape index (κ3) is 0.968. The summed E-state index contributed by atoms with van der Waals surface area (Å²) in [7, 11) is 1.85. The average Bonchev–Trinajstić information content (AvgIpc) is 2.42. The fourth-order valence-electron chi connectivity index (χ4n) is 2.70. The van der Waals surface area contributed by atoms with Crippen molar-refractivity contribution >= 4 is 0 Å². The van der Waals surface area contributed by atoms with Crippen molar-refractivity contribution in [2.75, 3.05) is 7.11 Å². The summed E-state index contributed by atoms with van der Waals surface area (Å²) in [5.74, 6) is 2.06. The lowest BCUT2D eigenvalue weighted by molar-refractivity contribution is 0.101. The van der Waals surface area contributed by atoms with E-state index >= 15 is 0 Å². The second-order valence-electron chi connectivity index (χ2n) is 3.78. The SMILES string of the molecule is COC1C[C@H]2CCC[C@H]2C1. The van der Waals surface area contributed by atoms with Gasteiger partial charge in [-0.15, -0.1) is 0 Å². The van der Waals surface area contributed by atoms with Gasteiger partial charge in [0, 0.05) is 7.11 Å². The van der Waals surface area contributed by atoms with Crippen LogP contribution < -0.4 is 0 Å². The highest BCUT2D eigenvalue weighted by atomic mass is 16.5. The minimum absolute atomic E-state index is 0.607. The molecule has 2 saturated carbocycles. The van der Waals surface area contributed by atoms with Crippen molar-refractivity contribution in [2.24, 2.45) is 11.8 Å². The van der Waals surface area contributed by atoms with Crippen molar-refractivity contribution in [2.45, 2.75) is 38.2 Å². The summed E-state index contributed by atoms with van der Waals surface area (Å²) in [5.41, 5.74) is 0. The van der Waals surface area contributed by atoms with E-state index in [9.17, 15) is 0 Å². The highest BCUT2D eigenvalue weighted by Gasteiger charge is 2.36. The fourth-order valence-corrected chi connectivity index (χ4v) is 2.70. The molecular weight excluding hydrogens is 124 g/mol. The minimum atomic E-state index is 0.607. The van der Waals surface area contributed by atoms with Gasteiger partial charge >= 0.3 is 0 Å². The smallest absolute Gasteiger partial charge is 0.0576 e. The largest absolute Gasteiger partial charge is 0.381 e. The molecule has 2 aliphatic carbocycles. The van der Waals surface area contributed by atoms with Crippen LogP contribution in [-0.2, 0) is 4.74 Å². The van der Waals surface area contributed by atoms with Crippen LogP contribution in [0.3, 0.4) is 0 Å². The number of methoxy groups -OCH3 is 1. The molecule has 1 unspecified atom stereocenters. The number of hydrogen-bond acceptors (Lipinski definition) is 1. The van der Waals surface area contributed by atoms with Crippen molar-refractivity contribution < 1.29 is 4.74 Å². The molecule has 0 radical (unpaired) electrons. The Kier molecular flexibility index (Phi) is 1.69. The molecule has 0 aromatic rings. The lowest BCUT2D eigenvalue weighted by Crippen LogP contribution is -2.05. The lowest BCUT2D eigenvalue weighted by atomic mass is 10.0. The first-order valence-corrected chi connectivity index (χ1v) is 4.43. The van der Waals surface area contributed by atoms with Crippen LogP contribution in [0.25, 0.3) is 0 Å². The van der Waals surface area contributed by atoms with Crippen LogP contribution in [0.5, 0.6) is 0 Å². The number of fused-ring (bicyclic) bond motifs is 1. The number of rotatable bonds is 1. The van der Waals surface area contributed by atoms with E-state index in [1.807, 2.05) is 7.11 Å². The molecule has 0 N–H and O–H groups in total. The number of hydrogen-bond donors (Lipinski definition) is 0. The third-order valence-electron chi connectivity index (χ3n) is 3.28. The molecule has 0 aromatic carbocycles. The fraction of sp³-hybridized carbons (Fsp3) is 1.00. The molecule has 0 saturated heterocycles. The molecule has 2 aliphatic rings. The zero-order chi connectivity index (χ0) is 6.97. The monoisotopic (exact) mass is 140 g/mol. The average molecular weight is 140 g/mol. The second kappa shape index (κ2) is 2.54. The molecule has 1 nitrogen and oxygen atoms in total. The van der Waals surface area contributed by atoms with Crippen LogP contribution in [-0.4, -0.2) is 13.2 Å². The zero-order valence-electron chi connectivity index (χ0n) is 6.68. The van der Waals surface area contributed by atoms with Gasteiger partial charge in [0.2, 0.25) is 0 Å². The van der Waals surface area contributed by atoms with E-state index in [4.69, 9.17) is 4.74 Å². The summed E-state index contributed by atoms with van der Waals surface area (Å²) >= 11 is 0. The van der Waals surface area contributed by atoms with E-state index in [-0.39, 0.29) is 0 Å². The molecule has 10 heavy (non-hydrogen) atoms. The second-order valence-corrected chi connectivity index (χ2v) is 3.78.